The second-order valence-corrected chi connectivity index (χ2v) is 6.26. The van der Waals surface area contributed by atoms with Gasteiger partial charge in [0.15, 0.2) is 0 Å². The third-order valence-electron chi connectivity index (χ3n) is 5.09. The van der Waals surface area contributed by atoms with Gasteiger partial charge < -0.3 is 5.32 Å². The van der Waals surface area contributed by atoms with Gasteiger partial charge in [-0.2, -0.15) is 0 Å². The third kappa shape index (κ3) is 3.60. The average Bonchev–Trinajstić information content (AvgIpc) is 2.94. The summed E-state index contributed by atoms with van der Waals surface area (Å²) in [7, 11) is 0. The molecule has 0 aliphatic heterocycles. The number of aryl methyl sites for hydroxylation is 1. The zero-order valence-corrected chi connectivity index (χ0v) is 12.8. The van der Waals surface area contributed by atoms with Crippen LogP contribution < -0.4 is 5.32 Å². The highest BCUT2D eigenvalue weighted by Gasteiger charge is 2.31. The molecule has 106 valence electrons. The lowest BCUT2D eigenvalue weighted by Gasteiger charge is -2.30. The molecule has 2 rings (SSSR count). The second-order valence-electron chi connectivity index (χ2n) is 6.26. The molecule has 0 spiro atoms. The van der Waals surface area contributed by atoms with Crippen molar-refractivity contribution < 1.29 is 0 Å². The van der Waals surface area contributed by atoms with Crippen molar-refractivity contribution in [1.82, 2.24) is 5.32 Å². The molecule has 1 nitrogen and oxygen atoms in total. The van der Waals surface area contributed by atoms with E-state index in [1.807, 2.05) is 0 Å². The van der Waals surface area contributed by atoms with E-state index < -0.39 is 0 Å². The number of hydrogen-bond acceptors (Lipinski definition) is 1. The lowest BCUT2D eigenvalue weighted by Crippen LogP contribution is -2.33. The molecule has 0 bridgehead atoms. The van der Waals surface area contributed by atoms with Crippen molar-refractivity contribution in [2.45, 2.75) is 65.3 Å². The molecule has 1 aliphatic rings. The minimum Gasteiger partial charge on any atom is -0.310 e. The van der Waals surface area contributed by atoms with Crippen LogP contribution in [0, 0.1) is 5.41 Å². The molecule has 0 saturated heterocycles. The Balaban J connectivity index is 1.91. The molecule has 0 heterocycles. The maximum atomic E-state index is 3.77. The van der Waals surface area contributed by atoms with Crippen molar-refractivity contribution in [2.75, 3.05) is 6.54 Å². The van der Waals surface area contributed by atoms with E-state index in [-0.39, 0.29) is 0 Å². The van der Waals surface area contributed by atoms with Gasteiger partial charge in [-0.05, 0) is 49.1 Å². The van der Waals surface area contributed by atoms with E-state index in [2.05, 4.69) is 50.4 Å². The Labute approximate surface area is 118 Å². The first kappa shape index (κ1) is 14.6. The van der Waals surface area contributed by atoms with Crippen molar-refractivity contribution in [1.29, 1.82) is 0 Å². The van der Waals surface area contributed by atoms with Gasteiger partial charge in [0.05, 0.1) is 0 Å². The molecular weight excluding hydrogens is 230 g/mol. The van der Waals surface area contributed by atoms with E-state index in [1.165, 1.54) is 49.8 Å². The fraction of sp³-hybridized carbons (Fsp3) is 0.667. The van der Waals surface area contributed by atoms with Crippen molar-refractivity contribution in [3.05, 3.63) is 35.4 Å². The van der Waals surface area contributed by atoms with Gasteiger partial charge in [-0.3, -0.25) is 0 Å². The molecule has 0 radical (unpaired) electrons. The molecule has 1 aromatic carbocycles. The number of nitrogens with one attached hydrogen (secondary N) is 1. The van der Waals surface area contributed by atoms with Gasteiger partial charge in [0.1, 0.15) is 0 Å². The molecule has 1 unspecified atom stereocenters. The Morgan fingerprint density at radius 3 is 2.26 bits per heavy atom. The largest absolute Gasteiger partial charge is 0.310 e. The maximum absolute atomic E-state index is 3.77. The van der Waals surface area contributed by atoms with Crippen molar-refractivity contribution in [3.63, 3.8) is 0 Å². The van der Waals surface area contributed by atoms with Crippen LogP contribution in [-0.4, -0.2) is 6.54 Å². The van der Waals surface area contributed by atoms with Crippen LogP contribution in [0.4, 0.5) is 0 Å². The van der Waals surface area contributed by atoms with Gasteiger partial charge in [-0.15, -0.1) is 0 Å². The predicted octanol–water partition coefficient (Wildman–Crippen LogP) is 4.87. The van der Waals surface area contributed by atoms with E-state index in [4.69, 9.17) is 0 Å². The minimum absolute atomic E-state index is 0.468. The number of benzene rings is 1. The molecule has 1 fully saturated rings. The van der Waals surface area contributed by atoms with E-state index in [9.17, 15) is 0 Å². The molecule has 1 aromatic rings. The van der Waals surface area contributed by atoms with Gasteiger partial charge >= 0.3 is 0 Å². The van der Waals surface area contributed by atoms with Gasteiger partial charge in [0.2, 0.25) is 0 Å². The molecule has 1 saturated carbocycles. The van der Waals surface area contributed by atoms with E-state index >= 15 is 0 Å². The first-order valence-electron chi connectivity index (χ1n) is 8.01. The van der Waals surface area contributed by atoms with Crippen molar-refractivity contribution in [2.24, 2.45) is 5.41 Å². The van der Waals surface area contributed by atoms with Crippen LogP contribution >= 0.6 is 0 Å². The highest BCUT2D eigenvalue weighted by molar-refractivity contribution is 5.24. The van der Waals surface area contributed by atoms with E-state index in [0.717, 1.165) is 6.42 Å². The van der Waals surface area contributed by atoms with Crippen LogP contribution in [0.3, 0.4) is 0 Å². The van der Waals surface area contributed by atoms with Crippen LogP contribution in [0.25, 0.3) is 0 Å². The molecule has 1 heteroatoms. The average molecular weight is 259 g/mol. The molecule has 1 aliphatic carbocycles. The number of hydrogen-bond donors (Lipinski definition) is 1. The van der Waals surface area contributed by atoms with Gasteiger partial charge in [0, 0.05) is 12.6 Å². The lowest BCUT2D eigenvalue weighted by molar-refractivity contribution is 0.259. The smallest absolute Gasteiger partial charge is 0.0292 e. The third-order valence-corrected chi connectivity index (χ3v) is 5.09. The zero-order chi connectivity index (χ0) is 13.7. The Morgan fingerprint density at radius 1 is 1.11 bits per heavy atom. The van der Waals surface area contributed by atoms with Crippen LogP contribution in [0.2, 0.25) is 0 Å². The van der Waals surface area contributed by atoms with Crippen molar-refractivity contribution >= 4 is 0 Å². The summed E-state index contributed by atoms with van der Waals surface area (Å²) in [5, 5.41) is 3.77. The topological polar surface area (TPSA) is 12.0 Å². The van der Waals surface area contributed by atoms with Gasteiger partial charge in [-0.1, -0.05) is 51.0 Å². The maximum Gasteiger partial charge on any atom is 0.0292 e. The first-order chi connectivity index (χ1) is 9.19. The van der Waals surface area contributed by atoms with Gasteiger partial charge in [0.25, 0.3) is 0 Å². The zero-order valence-electron chi connectivity index (χ0n) is 12.8. The first-order valence-corrected chi connectivity index (χ1v) is 8.01. The fourth-order valence-corrected chi connectivity index (χ4v) is 3.31. The summed E-state index contributed by atoms with van der Waals surface area (Å²) in [5.74, 6) is 0. The second kappa shape index (κ2) is 6.56. The van der Waals surface area contributed by atoms with Crippen LogP contribution in [0.5, 0.6) is 0 Å². The van der Waals surface area contributed by atoms with Crippen LogP contribution in [0.15, 0.2) is 24.3 Å². The predicted molar refractivity (Wildman–Crippen MR) is 83.4 cm³/mol. The normalized spacial score (nSPS) is 19.5. The molecule has 0 amide bonds. The molecule has 1 atom stereocenters. The van der Waals surface area contributed by atoms with Crippen LogP contribution in [-0.2, 0) is 6.42 Å². The summed E-state index contributed by atoms with van der Waals surface area (Å²) < 4.78 is 0. The minimum atomic E-state index is 0.468. The summed E-state index contributed by atoms with van der Waals surface area (Å²) in [4.78, 5) is 0. The molecule has 19 heavy (non-hydrogen) atoms. The Bertz CT molecular complexity index is 373. The Hall–Kier alpha value is -0.820. The Kier molecular flexibility index (Phi) is 5.04. The van der Waals surface area contributed by atoms with Crippen molar-refractivity contribution in [3.8, 4) is 0 Å². The standard InChI is InChI=1S/C18H29N/c1-4-16-8-10-17(11-9-16)15(3)19-14-18(5-2)12-6-7-13-18/h8-11,15,19H,4-7,12-14H2,1-3H3. The Morgan fingerprint density at radius 2 is 1.74 bits per heavy atom. The summed E-state index contributed by atoms with van der Waals surface area (Å²) >= 11 is 0. The van der Waals surface area contributed by atoms with Gasteiger partial charge in [-0.25, -0.2) is 0 Å². The summed E-state index contributed by atoms with van der Waals surface area (Å²) in [6.45, 7) is 8.04. The molecular formula is C18H29N. The highest BCUT2D eigenvalue weighted by atomic mass is 14.9. The summed E-state index contributed by atoms with van der Waals surface area (Å²) in [6.07, 6.45) is 8.13. The van der Waals surface area contributed by atoms with E-state index in [0.29, 0.717) is 11.5 Å². The quantitative estimate of drug-likeness (QED) is 0.768. The molecule has 1 N–H and O–H groups in total. The monoisotopic (exact) mass is 259 g/mol. The lowest BCUT2D eigenvalue weighted by atomic mass is 9.83. The highest BCUT2D eigenvalue weighted by Crippen LogP contribution is 2.40. The molecule has 0 aromatic heterocycles. The van der Waals surface area contributed by atoms with Crippen LogP contribution in [0.1, 0.15) is 70.0 Å². The summed E-state index contributed by atoms with van der Waals surface area (Å²) in [5.41, 5.74) is 3.43. The SMILES string of the molecule is CCc1ccc(C(C)NCC2(CC)CCCC2)cc1. The summed E-state index contributed by atoms with van der Waals surface area (Å²) in [6, 6.07) is 9.56. The number of rotatable bonds is 6. The fourth-order valence-electron chi connectivity index (χ4n) is 3.31. The van der Waals surface area contributed by atoms with E-state index in [1.54, 1.807) is 0 Å².